The van der Waals surface area contributed by atoms with Crippen molar-refractivity contribution in [1.29, 1.82) is 0 Å². The van der Waals surface area contributed by atoms with Crippen molar-refractivity contribution in [1.82, 2.24) is 10.3 Å². The molecule has 0 amide bonds. The van der Waals surface area contributed by atoms with Gasteiger partial charge in [0, 0.05) is 15.3 Å². The van der Waals surface area contributed by atoms with Gasteiger partial charge in [-0.3, -0.25) is 0 Å². The maximum absolute atomic E-state index is 5.67. The highest BCUT2D eigenvalue weighted by Gasteiger charge is 2.13. The van der Waals surface area contributed by atoms with Gasteiger partial charge in [-0.2, -0.15) is 0 Å². The minimum Gasteiger partial charge on any atom is -0.235 e. The number of halogens is 2. The Morgan fingerprint density at radius 2 is 2.18 bits per heavy atom. The number of fused-ring (bicyclic) bond motifs is 1. The normalized spacial score (nSPS) is 13.8. The van der Waals surface area contributed by atoms with Crippen LogP contribution in [0.5, 0.6) is 0 Å². The lowest BCUT2D eigenvalue weighted by molar-refractivity contribution is 1.12. The van der Waals surface area contributed by atoms with Crippen molar-refractivity contribution in [3.8, 4) is 0 Å². The lowest BCUT2D eigenvalue weighted by Crippen LogP contribution is -1.86. The highest BCUT2D eigenvalue weighted by molar-refractivity contribution is 14.1. The summed E-state index contributed by atoms with van der Waals surface area (Å²) >= 11 is 7.89. The van der Waals surface area contributed by atoms with Crippen LogP contribution in [0.25, 0.3) is 3.58 Å². The van der Waals surface area contributed by atoms with Gasteiger partial charge in [-0.15, -0.1) is 0 Å². The first kappa shape index (κ1) is 7.36. The lowest BCUT2D eigenvalue weighted by atomic mass is 10.3. The van der Waals surface area contributed by atoms with Crippen LogP contribution in [0.15, 0.2) is 18.3 Å². The molecule has 4 heteroatoms. The van der Waals surface area contributed by atoms with E-state index in [1.165, 1.54) is 0 Å². The molecule has 11 heavy (non-hydrogen) atoms. The third kappa shape index (κ3) is 1.22. The Balaban J connectivity index is 2.58. The van der Waals surface area contributed by atoms with E-state index < -0.39 is 0 Å². The predicted octanol–water partition coefficient (Wildman–Crippen LogP) is 2.72. The van der Waals surface area contributed by atoms with Crippen LogP contribution in [0.4, 0.5) is 5.82 Å². The SMILES string of the molecule is Clc1ccc2c(n1)[N]C=C2I. The van der Waals surface area contributed by atoms with Gasteiger partial charge in [-0.25, -0.2) is 10.3 Å². The third-order valence-electron chi connectivity index (χ3n) is 1.40. The van der Waals surface area contributed by atoms with Crippen molar-refractivity contribution in [3.05, 3.63) is 29.0 Å². The lowest BCUT2D eigenvalue weighted by Gasteiger charge is -1.96. The van der Waals surface area contributed by atoms with Crippen molar-refractivity contribution >= 4 is 43.6 Å². The van der Waals surface area contributed by atoms with Crippen LogP contribution in [0.2, 0.25) is 5.15 Å². The van der Waals surface area contributed by atoms with Gasteiger partial charge in [0.1, 0.15) is 5.15 Å². The molecular weight excluding hydrogens is 274 g/mol. The number of rotatable bonds is 0. The monoisotopic (exact) mass is 277 g/mol. The summed E-state index contributed by atoms with van der Waals surface area (Å²) in [5.41, 5.74) is 1.06. The van der Waals surface area contributed by atoms with Gasteiger partial charge < -0.3 is 0 Å². The Hall–Kier alpha value is -0.290. The summed E-state index contributed by atoms with van der Waals surface area (Å²) in [4.78, 5) is 4.05. The fourth-order valence-corrected chi connectivity index (χ4v) is 1.60. The predicted molar refractivity (Wildman–Crippen MR) is 53.0 cm³/mol. The number of hydrogen-bond donors (Lipinski definition) is 0. The number of nitrogens with zero attached hydrogens (tertiary/aromatic N) is 2. The van der Waals surface area contributed by atoms with Crippen molar-refractivity contribution in [2.45, 2.75) is 0 Å². The molecule has 0 N–H and O–H groups in total. The molecule has 0 unspecified atom stereocenters. The fourth-order valence-electron chi connectivity index (χ4n) is 0.897. The van der Waals surface area contributed by atoms with Crippen LogP contribution in [0.3, 0.4) is 0 Å². The second kappa shape index (κ2) is 2.64. The fraction of sp³-hybridized carbons (Fsp3) is 0. The topological polar surface area (TPSA) is 27.0 Å². The van der Waals surface area contributed by atoms with E-state index in [1.807, 2.05) is 6.07 Å². The molecule has 0 aliphatic carbocycles. The molecule has 0 aromatic carbocycles. The van der Waals surface area contributed by atoms with E-state index in [4.69, 9.17) is 11.6 Å². The van der Waals surface area contributed by atoms with E-state index in [9.17, 15) is 0 Å². The van der Waals surface area contributed by atoms with Crippen molar-refractivity contribution < 1.29 is 0 Å². The van der Waals surface area contributed by atoms with Gasteiger partial charge in [-0.1, -0.05) is 11.6 Å². The van der Waals surface area contributed by atoms with Crippen molar-refractivity contribution in [2.24, 2.45) is 0 Å². The minimum absolute atomic E-state index is 0.493. The van der Waals surface area contributed by atoms with E-state index in [1.54, 1.807) is 12.3 Å². The summed E-state index contributed by atoms with van der Waals surface area (Å²) in [5.74, 6) is 0.724. The summed E-state index contributed by atoms with van der Waals surface area (Å²) in [7, 11) is 0. The van der Waals surface area contributed by atoms with Crippen LogP contribution in [-0.2, 0) is 0 Å². The van der Waals surface area contributed by atoms with Crippen molar-refractivity contribution in [3.63, 3.8) is 0 Å². The summed E-state index contributed by atoms with van der Waals surface area (Å²) in [5, 5.41) is 4.57. The average molecular weight is 277 g/mol. The Bertz CT molecular complexity index is 335. The third-order valence-corrected chi connectivity index (χ3v) is 2.47. The highest BCUT2D eigenvalue weighted by Crippen LogP contribution is 2.33. The smallest absolute Gasteiger partial charge is 0.161 e. The molecule has 1 radical (unpaired) electrons. The maximum Gasteiger partial charge on any atom is 0.161 e. The van der Waals surface area contributed by atoms with Gasteiger partial charge in [0.2, 0.25) is 0 Å². The first-order chi connectivity index (χ1) is 5.27. The van der Waals surface area contributed by atoms with Crippen molar-refractivity contribution in [2.75, 3.05) is 0 Å². The van der Waals surface area contributed by atoms with E-state index in [-0.39, 0.29) is 0 Å². The summed E-state index contributed by atoms with van der Waals surface area (Å²) in [6, 6.07) is 3.70. The van der Waals surface area contributed by atoms with Gasteiger partial charge in [0.15, 0.2) is 5.82 Å². The van der Waals surface area contributed by atoms with E-state index in [0.717, 1.165) is 15.0 Å². The summed E-state index contributed by atoms with van der Waals surface area (Å²) in [6.07, 6.45) is 1.79. The minimum atomic E-state index is 0.493. The number of hydrogen-bond acceptors (Lipinski definition) is 1. The first-order valence-corrected chi connectivity index (χ1v) is 4.46. The molecule has 0 bridgehead atoms. The quantitative estimate of drug-likeness (QED) is 0.529. The molecule has 1 aliphatic rings. The summed E-state index contributed by atoms with van der Waals surface area (Å²) < 4.78 is 1.11. The summed E-state index contributed by atoms with van der Waals surface area (Å²) in [6.45, 7) is 0. The molecule has 1 aliphatic heterocycles. The molecule has 0 atom stereocenters. The van der Waals surface area contributed by atoms with E-state index >= 15 is 0 Å². The van der Waals surface area contributed by atoms with Crippen LogP contribution >= 0.6 is 34.2 Å². The molecule has 0 saturated heterocycles. The highest BCUT2D eigenvalue weighted by atomic mass is 127. The Labute approximate surface area is 82.8 Å². The molecule has 2 nitrogen and oxygen atoms in total. The number of aromatic nitrogens is 1. The van der Waals surface area contributed by atoms with E-state index in [0.29, 0.717) is 5.15 Å². The Morgan fingerprint density at radius 1 is 1.36 bits per heavy atom. The second-order valence-electron chi connectivity index (χ2n) is 2.11. The molecule has 0 saturated carbocycles. The Kier molecular flexibility index (Phi) is 1.77. The average Bonchev–Trinajstić information content (AvgIpc) is 2.32. The Morgan fingerprint density at radius 3 is 3.00 bits per heavy atom. The van der Waals surface area contributed by atoms with E-state index in [2.05, 4.69) is 32.9 Å². The van der Waals surface area contributed by atoms with Gasteiger partial charge >= 0.3 is 0 Å². The molecule has 2 rings (SSSR count). The zero-order valence-electron chi connectivity index (χ0n) is 5.38. The number of pyridine rings is 1. The zero-order chi connectivity index (χ0) is 7.84. The maximum atomic E-state index is 5.67. The molecule has 55 valence electrons. The second-order valence-corrected chi connectivity index (χ2v) is 3.66. The molecule has 0 fully saturated rings. The van der Waals surface area contributed by atoms with Crippen LogP contribution in [0.1, 0.15) is 5.56 Å². The molecule has 0 spiro atoms. The zero-order valence-corrected chi connectivity index (χ0v) is 8.30. The van der Waals surface area contributed by atoms with Crippen LogP contribution < -0.4 is 5.32 Å². The van der Waals surface area contributed by atoms with Gasteiger partial charge in [-0.05, 0) is 34.7 Å². The molecule has 1 aromatic rings. The molecular formula is C7H3ClIN2. The van der Waals surface area contributed by atoms with Gasteiger partial charge in [0.25, 0.3) is 0 Å². The van der Waals surface area contributed by atoms with Gasteiger partial charge in [0.05, 0.1) is 0 Å². The standard InChI is InChI=1S/C7H3ClIN2/c8-6-2-1-4-5(9)3-10-7(4)11-6/h1-3H. The largest absolute Gasteiger partial charge is 0.235 e. The molecule has 2 heterocycles. The first-order valence-electron chi connectivity index (χ1n) is 3.01. The molecule has 1 aromatic heterocycles. The van der Waals surface area contributed by atoms with Crippen LogP contribution in [0, 0.1) is 0 Å². The van der Waals surface area contributed by atoms with Crippen LogP contribution in [-0.4, -0.2) is 4.98 Å².